The van der Waals surface area contributed by atoms with Crippen LogP contribution in [-0.2, 0) is 22.6 Å². The van der Waals surface area contributed by atoms with Crippen LogP contribution in [0.1, 0.15) is 31.4 Å². The molecule has 2 atom stereocenters. The number of nitrogens with one attached hydrogen (secondary N) is 1. The molecule has 2 unspecified atom stereocenters. The van der Waals surface area contributed by atoms with Crippen molar-refractivity contribution in [2.24, 2.45) is 0 Å². The maximum absolute atomic E-state index is 14.1. The molecule has 0 aliphatic carbocycles. The number of carbonyl (C=O) groups excluding carboxylic acids is 2. The molecule has 1 N–H and O–H groups in total. The van der Waals surface area contributed by atoms with Crippen molar-refractivity contribution in [1.82, 2.24) is 10.2 Å². The number of amides is 2. The van der Waals surface area contributed by atoms with Crippen LogP contribution in [0.15, 0.2) is 72.8 Å². The first-order chi connectivity index (χ1) is 17.3. The third-order valence-electron chi connectivity index (χ3n) is 5.85. The second-order valence-electron chi connectivity index (χ2n) is 8.46. The molecule has 3 aromatic rings. The number of ether oxygens (including phenoxy) is 1. The zero-order valence-electron chi connectivity index (χ0n) is 20.2. The molecular formula is C28H29Cl2FN2O3. The van der Waals surface area contributed by atoms with Gasteiger partial charge in [0.15, 0.2) is 18.2 Å². The SMILES string of the molecule is CCC(C)NC(=O)C(Cc1ccccc1)N(Cc1c(Cl)cccc1Cl)C(=O)COc1ccccc1F. The predicted octanol–water partition coefficient (Wildman–Crippen LogP) is 6.07. The molecule has 0 saturated heterocycles. The molecule has 3 rings (SSSR count). The second-order valence-corrected chi connectivity index (χ2v) is 9.28. The Labute approximate surface area is 221 Å². The Bertz CT molecular complexity index is 1160. The van der Waals surface area contributed by atoms with Gasteiger partial charge in [0.1, 0.15) is 6.04 Å². The molecule has 36 heavy (non-hydrogen) atoms. The molecule has 0 bridgehead atoms. The number of benzene rings is 3. The number of halogens is 3. The summed E-state index contributed by atoms with van der Waals surface area (Å²) in [6.45, 7) is 3.37. The Morgan fingerprint density at radius 1 is 0.972 bits per heavy atom. The van der Waals surface area contributed by atoms with E-state index in [4.69, 9.17) is 27.9 Å². The average molecular weight is 531 g/mol. The van der Waals surface area contributed by atoms with Gasteiger partial charge in [0.05, 0.1) is 0 Å². The standard InChI is InChI=1S/C28H29Cl2FN2O3/c1-3-19(2)32-28(35)25(16-20-10-5-4-6-11-20)33(17-21-22(29)12-9-13-23(21)30)27(34)18-36-26-15-8-7-14-24(26)31/h4-15,19,25H,3,16-18H2,1-2H3,(H,32,35). The van der Waals surface area contributed by atoms with Gasteiger partial charge in [-0.15, -0.1) is 0 Å². The van der Waals surface area contributed by atoms with Gasteiger partial charge >= 0.3 is 0 Å². The van der Waals surface area contributed by atoms with Gasteiger partial charge in [-0.05, 0) is 43.2 Å². The molecule has 2 amide bonds. The highest BCUT2D eigenvalue weighted by Gasteiger charge is 2.32. The highest BCUT2D eigenvalue weighted by atomic mass is 35.5. The number of hydrogen-bond donors (Lipinski definition) is 1. The maximum atomic E-state index is 14.1. The van der Waals surface area contributed by atoms with Gasteiger partial charge in [-0.3, -0.25) is 9.59 Å². The number of hydrogen-bond acceptors (Lipinski definition) is 3. The lowest BCUT2D eigenvalue weighted by molar-refractivity contribution is -0.143. The molecule has 0 spiro atoms. The highest BCUT2D eigenvalue weighted by molar-refractivity contribution is 6.36. The molecule has 0 fully saturated rings. The lowest BCUT2D eigenvalue weighted by Crippen LogP contribution is -2.53. The van der Waals surface area contributed by atoms with Gasteiger partial charge in [0.2, 0.25) is 5.91 Å². The molecule has 0 aliphatic heterocycles. The lowest BCUT2D eigenvalue weighted by Gasteiger charge is -2.32. The normalized spacial score (nSPS) is 12.5. The molecule has 190 valence electrons. The summed E-state index contributed by atoms with van der Waals surface area (Å²) in [5.74, 6) is -1.45. The smallest absolute Gasteiger partial charge is 0.261 e. The first kappa shape index (κ1) is 27.5. The monoisotopic (exact) mass is 530 g/mol. The van der Waals surface area contributed by atoms with Crippen LogP contribution in [0.4, 0.5) is 4.39 Å². The van der Waals surface area contributed by atoms with Crippen molar-refractivity contribution in [3.05, 3.63) is 99.8 Å². The van der Waals surface area contributed by atoms with Crippen LogP contribution in [-0.4, -0.2) is 35.4 Å². The fourth-order valence-corrected chi connectivity index (χ4v) is 4.15. The number of para-hydroxylation sites is 1. The van der Waals surface area contributed by atoms with Crippen molar-refractivity contribution in [2.75, 3.05) is 6.61 Å². The number of carbonyl (C=O) groups is 2. The second kappa shape index (κ2) is 13.3. The Kier molecular flexibility index (Phi) is 10.1. The molecule has 8 heteroatoms. The van der Waals surface area contributed by atoms with Gasteiger partial charge < -0.3 is 15.0 Å². The van der Waals surface area contributed by atoms with Crippen LogP contribution < -0.4 is 10.1 Å². The maximum Gasteiger partial charge on any atom is 0.261 e. The molecule has 3 aromatic carbocycles. The van der Waals surface area contributed by atoms with Crippen molar-refractivity contribution in [3.8, 4) is 5.75 Å². The lowest BCUT2D eigenvalue weighted by atomic mass is 10.0. The molecule has 0 aliphatic rings. The molecule has 0 radical (unpaired) electrons. The minimum atomic E-state index is -0.884. The highest BCUT2D eigenvalue weighted by Crippen LogP contribution is 2.27. The van der Waals surface area contributed by atoms with E-state index < -0.39 is 24.4 Å². The summed E-state index contributed by atoms with van der Waals surface area (Å²) in [6, 6.07) is 19.3. The first-order valence-corrected chi connectivity index (χ1v) is 12.5. The van der Waals surface area contributed by atoms with E-state index in [1.165, 1.54) is 23.1 Å². The quantitative estimate of drug-likeness (QED) is 0.327. The zero-order valence-corrected chi connectivity index (χ0v) is 21.7. The Morgan fingerprint density at radius 2 is 1.61 bits per heavy atom. The van der Waals surface area contributed by atoms with E-state index >= 15 is 0 Å². The van der Waals surface area contributed by atoms with E-state index in [9.17, 15) is 14.0 Å². The number of nitrogens with zero attached hydrogens (tertiary/aromatic N) is 1. The van der Waals surface area contributed by atoms with Crippen LogP contribution in [0.3, 0.4) is 0 Å². The van der Waals surface area contributed by atoms with Gasteiger partial charge in [0, 0.05) is 34.6 Å². The van der Waals surface area contributed by atoms with Gasteiger partial charge in [-0.25, -0.2) is 4.39 Å². The molecule has 0 aromatic heterocycles. The molecule has 5 nitrogen and oxygen atoms in total. The predicted molar refractivity (Wildman–Crippen MR) is 141 cm³/mol. The third kappa shape index (κ3) is 7.45. The fraction of sp³-hybridized carbons (Fsp3) is 0.286. The van der Waals surface area contributed by atoms with Gasteiger partial charge in [-0.1, -0.05) is 78.7 Å². The Morgan fingerprint density at radius 3 is 2.25 bits per heavy atom. The van der Waals surface area contributed by atoms with E-state index in [2.05, 4.69) is 5.32 Å². The summed E-state index contributed by atoms with van der Waals surface area (Å²) < 4.78 is 19.6. The van der Waals surface area contributed by atoms with Crippen LogP contribution in [0.5, 0.6) is 5.75 Å². The molecular weight excluding hydrogens is 502 g/mol. The van der Waals surface area contributed by atoms with Crippen LogP contribution in [0, 0.1) is 5.82 Å². The summed E-state index contributed by atoms with van der Waals surface area (Å²) >= 11 is 12.8. The third-order valence-corrected chi connectivity index (χ3v) is 6.56. The van der Waals surface area contributed by atoms with E-state index in [1.54, 1.807) is 24.3 Å². The summed E-state index contributed by atoms with van der Waals surface area (Å²) in [5.41, 5.74) is 1.38. The van der Waals surface area contributed by atoms with Gasteiger partial charge in [-0.2, -0.15) is 0 Å². The first-order valence-electron chi connectivity index (χ1n) is 11.7. The van der Waals surface area contributed by atoms with E-state index in [-0.39, 0.29) is 30.7 Å². The van der Waals surface area contributed by atoms with Crippen LogP contribution in [0.2, 0.25) is 10.0 Å². The summed E-state index contributed by atoms with van der Waals surface area (Å²) in [6.07, 6.45) is 0.987. The van der Waals surface area contributed by atoms with E-state index in [0.717, 1.165) is 12.0 Å². The summed E-state index contributed by atoms with van der Waals surface area (Å²) in [5, 5.41) is 3.73. The fourth-order valence-electron chi connectivity index (χ4n) is 3.63. The van der Waals surface area contributed by atoms with Crippen molar-refractivity contribution >= 4 is 35.0 Å². The molecule has 0 heterocycles. The largest absolute Gasteiger partial charge is 0.481 e. The average Bonchev–Trinajstić information content (AvgIpc) is 2.87. The van der Waals surface area contributed by atoms with Gasteiger partial charge in [0.25, 0.3) is 5.91 Å². The van der Waals surface area contributed by atoms with E-state index in [0.29, 0.717) is 15.6 Å². The number of rotatable bonds is 11. The van der Waals surface area contributed by atoms with Crippen LogP contribution in [0.25, 0.3) is 0 Å². The zero-order chi connectivity index (χ0) is 26.1. The topological polar surface area (TPSA) is 58.6 Å². The molecule has 0 saturated carbocycles. The van der Waals surface area contributed by atoms with Crippen molar-refractivity contribution < 1.29 is 18.7 Å². The van der Waals surface area contributed by atoms with E-state index in [1.807, 2.05) is 44.2 Å². The Balaban J connectivity index is 1.97. The summed E-state index contributed by atoms with van der Waals surface area (Å²) in [7, 11) is 0. The minimum absolute atomic E-state index is 0.0244. The minimum Gasteiger partial charge on any atom is -0.481 e. The van der Waals surface area contributed by atoms with Crippen LogP contribution >= 0.6 is 23.2 Å². The van der Waals surface area contributed by atoms with Crippen molar-refractivity contribution in [3.63, 3.8) is 0 Å². The van der Waals surface area contributed by atoms with Crippen molar-refractivity contribution in [1.29, 1.82) is 0 Å². The Hall–Kier alpha value is -3.09. The summed E-state index contributed by atoms with van der Waals surface area (Å²) in [4.78, 5) is 28.4. The van der Waals surface area contributed by atoms with Crippen molar-refractivity contribution in [2.45, 2.75) is 45.3 Å².